The number of methoxy groups -OCH3 is 1. The van der Waals surface area contributed by atoms with Gasteiger partial charge in [-0.05, 0) is 30.2 Å². The van der Waals surface area contributed by atoms with Crippen LogP contribution in [0.5, 0.6) is 5.75 Å². The van der Waals surface area contributed by atoms with E-state index in [1.807, 2.05) is 23.0 Å². The van der Waals surface area contributed by atoms with Crippen molar-refractivity contribution in [3.63, 3.8) is 0 Å². The summed E-state index contributed by atoms with van der Waals surface area (Å²) < 4.78 is 7.09. The highest BCUT2D eigenvalue weighted by Gasteiger charge is 2.17. The number of benzene rings is 2. The summed E-state index contributed by atoms with van der Waals surface area (Å²) in [7, 11) is 1.67. The summed E-state index contributed by atoms with van der Waals surface area (Å²) in [6, 6.07) is 16.6. The molecule has 2 aromatic carbocycles. The van der Waals surface area contributed by atoms with Gasteiger partial charge in [0.25, 0.3) is 0 Å². The van der Waals surface area contributed by atoms with Crippen LogP contribution in [0.1, 0.15) is 22.7 Å². The van der Waals surface area contributed by atoms with Crippen molar-refractivity contribution in [1.82, 2.24) is 15.0 Å². The molecule has 106 valence electrons. The van der Waals surface area contributed by atoms with Gasteiger partial charge in [0, 0.05) is 6.20 Å². The first-order chi connectivity index (χ1) is 10.3. The third-order valence-corrected chi connectivity index (χ3v) is 3.53. The summed E-state index contributed by atoms with van der Waals surface area (Å²) in [5.74, 6) is 0.847. The van der Waals surface area contributed by atoms with Gasteiger partial charge in [-0.1, -0.05) is 47.2 Å². The predicted octanol–water partition coefficient (Wildman–Crippen LogP) is 3.23. The van der Waals surface area contributed by atoms with Crippen molar-refractivity contribution >= 4 is 0 Å². The molecule has 1 aromatic heterocycles. The summed E-state index contributed by atoms with van der Waals surface area (Å²) in [5, 5.41) is 8.10. The maximum Gasteiger partial charge on any atom is 0.118 e. The maximum absolute atomic E-state index is 5.23. The number of aromatic nitrogens is 3. The fourth-order valence-corrected chi connectivity index (χ4v) is 2.39. The van der Waals surface area contributed by atoms with Gasteiger partial charge in [-0.2, -0.15) is 0 Å². The SMILES string of the molecule is COc1ccc(C(c2ccc(C)cc2)n2ccnn2)cc1. The van der Waals surface area contributed by atoms with E-state index in [9.17, 15) is 0 Å². The first kappa shape index (κ1) is 13.4. The monoisotopic (exact) mass is 279 g/mol. The Morgan fingerprint density at radius 2 is 1.57 bits per heavy atom. The highest BCUT2D eigenvalue weighted by atomic mass is 16.5. The van der Waals surface area contributed by atoms with Crippen molar-refractivity contribution in [3.05, 3.63) is 77.6 Å². The molecule has 1 atom stereocenters. The van der Waals surface area contributed by atoms with E-state index in [2.05, 4.69) is 53.6 Å². The van der Waals surface area contributed by atoms with Gasteiger partial charge in [-0.25, -0.2) is 4.68 Å². The molecule has 3 aromatic rings. The zero-order chi connectivity index (χ0) is 14.7. The van der Waals surface area contributed by atoms with E-state index < -0.39 is 0 Å². The highest BCUT2D eigenvalue weighted by molar-refractivity contribution is 5.36. The van der Waals surface area contributed by atoms with Crippen molar-refractivity contribution in [2.45, 2.75) is 13.0 Å². The van der Waals surface area contributed by atoms with E-state index in [4.69, 9.17) is 4.74 Å². The van der Waals surface area contributed by atoms with E-state index in [1.54, 1.807) is 13.3 Å². The van der Waals surface area contributed by atoms with Crippen LogP contribution < -0.4 is 4.74 Å². The average molecular weight is 279 g/mol. The third-order valence-electron chi connectivity index (χ3n) is 3.53. The smallest absolute Gasteiger partial charge is 0.118 e. The Morgan fingerprint density at radius 1 is 0.952 bits per heavy atom. The fourth-order valence-electron chi connectivity index (χ4n) is 2.39. The molecular formula is C17H17N3O. The Kier molecular flexibility index (Phi) is 3.69. The zero-order valence-corrected chi connectivity index (χ0v) is 12.1. The minimum atomic E-state index is 0.0130. The Hall–Kier alpha value is -2.62. The second-order valence-electron chi connectivity index (χ2n) is 4.97. The number of ether oxygens (including phenoxy) is 1. The van der Waals surface area contributed by atoms with Crippen molar-refractivity contribution < 1.29 is 4.74 Å². The molecule has 0 bridgehead atoms. The van der Waals surface area contributed by atoms with Crippen LogP contribution in [0, 0.1) is 6.92 Å². The number of hydrogen-bond acceptors (Lipinski definition) is 3. The lowest BCUT2D eigenvalue weighted by atomic mass is 9.98. The Balaban J connectivity index is 2.05. The van der Waals surface area contributed by atoms with Crippen molar-refractivity contribution in [2.24, 2.45) is 0 Å². The lowest BCUT2D eigenvalue weighted by molar-refractivity contribution is 0.414. The van der Waals surface area contributed by atoms with Gasteiger partial charge in [-0.3, -0.25) is 0 Å². The Labute approximate surface area is 124 Å². The number of hydrogen-bond donors (Lipinski definition) is 0. The average Bonchev–Trinajstić information content (AvgIpc) is 3.04. The number of aryl methyl sites for hydroxylation is 1. The van der Waals surface area contributed by atoms with Gasteiger partial charge in [0.2, 0.25) is 0 Å². The second kappa shape index (κ2) is 5.79. The summed E-state index contributed by atoms with van der Waals surface area (Å²) >= 11 is 0. The molecule has 3 rings (SSSR count). The molecule has 0 spiro atoms. The van der Waals surface area contributed by atoms with Gasteiger partial charge in [-0.15, -0.1) is 5.10 Å². The minimum Gasteiger partial charge on any atom is -0.497 e. The number of nitrogens with zero attached hydrogens (tertiary/aromatic N) is 3. The molecule has 4 heteroatoms. The lowest BCUT2D eigenvalue weighted by Gasteiger charge is -2.18. The Morgan fingerprint density at radius 3 is 2.10 bits per heavy atom. The zero-order valence-electron chi connectivity index (χ0n) is 12.1. The van der Waals surface area contributed by atoms with E-state index >= 15 is 0 Å². The summed E-state index contributed by atoms with van der Waals surface area (Å²) in [6.45, 7) is 2.08. The van der Waals surface area contributed by atoms with Crippen LogP contribution in [0.3, 0.4) is 0 Å². The molecule has 0 fully saturated rings. The van der Waals surface area contributed by atoms with Gasteiger partial charge in [0.1, 0.15) is 11.8 Å². The topological polar surface area (TPSA) is 39.9 Å². The normalized spacial score (nSPS) is 12.1. The molecule has 0 amide bonds. The molecule has 1 heterocycles. The van der Waals surface area contributed by atoms with Crippen LogP contribution >= 0.6 is 0 Å². The van der Waals surface area contributed by atoms with Crippen LogP contribution in [0.25, 0.3) is 0 Å². The van der Waals surface area contributed by atoms with E-state index in [-0.39, 0.29) is 6.04 Å². The van der Waals surface area contributed by atoms with E-state index in [0.717, 1.165) is 11.3 Å². The standard InChI is InChI=1S/C17H17N3O/c1-13-3-5-14(6-4-13)17(20-12-11-18-19-20)15-7-9-16(21-2)10-8-15/h3-12,17H,1-2H3. The van der Waals surface area contributed by atoms with Crippen molar-refractivity contribution in [1.29, 1.82) is 0 Å². The summed E-state index contributed by atoms with van der Waals surface area (Å²) in [4.78, 5) is 0. The molecular weight excluding hydrogens is 262 g/mol. The van der Waals surface area contributed by atoms with Crippen molar-refractivity contribution in [3.8, 4) is 5.75 Å². The largest absolute Gasteiger partial charge is 0.497 e. The summed E-state index contributed by atoms with van der Waals surface area (Å²) in [5.41, 5.74) is 3.56. The van der Waals surface area contributed by atoms with Crippen molar-refractivity contribution in [2.75, 3.05) is 7.11 Å². The quantitative estimate of drug-likeness (QED) is 0.736. The van der Waals surface area contributed by atoms with Gasteiger partial charge in [0.05, 0.1) is 13.3 Å². The molecule has 0 aliphatic rings. The van der Waals surface area contributed by atoms with Crippen LogP contribution in [-0.4, -0.2) is 22.1 Å². The molecule has 0 saturated carbocycles. The second-order valence-corrected chi connectivity index (χ2v) is 4.97. The van der Waals surface area contributed by atoms with Crippen LogP contribution in [-0.2, 0) is 0 Å². The predicted molar refractivity (Wildman–Crippen MR) is 81.4 cm³/mol. The molecule has 0 radical (unpaired) electrons. The minimum absolute atomic E-state index is 0.0130. The van der Waals surface area contributed by atoms with Crippen LogP contribution in [0.15, 0.2) is 60.9 Å². The maximum atomic E-state index is 5.23. The molecule has 4 nitrogen and oxygen atoms in total. The van der Waals surface area contributed by atoms with Gasteiger partial charge >= 0.3 is 0 Å². The third kappa shape index (κ3) is 2.79. The first-order valence-electron chi connectivity index (χ1n) is 6.84. The van der Waals surface area contributed by atoms with Crippen LogP contribution in [0.2, 0.25) is 0 Å². The number of rotatable bonds is 4. The molecule has 0 saturated heterocycles. The molecule has 0 N–H and O–H groups in total. The Bertz CT molecular complexity index is 688. The first-order valence-corrected chi connectivity index (χ1v) is 6.84. The van der Waals surface area contributed by atoms with Gasteiger partial charge in [0.15, 0.2) is 0 Å². The molecule has 21 heavy (non-hydrogen) atoms. The van der Waals surface area contributed by atoms with E-state index in [1.165, 1.54) is 11.1 Å². The van der Waals surface area contributed by atoms with Crippen LogP contribution in [0.4, 0.5) is 0 Å². The molecule has 1 unspecified atom stereocenters. The lowest BCUT2D eigenvalue weighted by Crippen LogP contribution is -2.13. The highest BCUT2D eigenvalue weighted by Crippen LogP contribution is 2.27. The fraction of sp³-hybridized carbons (Fsp3) is 0.176. The van der Waals surface area contributed by atoms with Gasteiger partial charge < -0.3 is 4.74 Å². The summed E-state index contributed by atoms with van der Waals surface area (Å²) in [6.07, 6.45) is 3.58. The van der Waals surface area contributed by atoms with E-state index in [0.29, 0.717) is 0 Å². The molecule has 0 aliphatic heterocycles. The molecule has 0 aliphatic carbocycles.